The molecule has 152 valence electrons. The molecule has 29 heavy (non-hydrogen) atoms. The molecule has 0 fully saturated rings. The molecule has 0 aromatic heterocycles. The summed E-state index contributed by atoms with van der Waals surface area (Å²) in [6.45, 7) is 13.1. The van der Waals surface area contributed by atoms with Crippen molar-refractivity contribution in [3.63, 3.8) is 0 Å². The summed E-state index contributed by atoms with van der Waals surface area (Å²) < 4.78 is 11.9. The molecule has 3 nitrogen and oxygen atoms in total. The van der Waals surface area contributed by atoms with Crippen molar-refractivity contribution in [3.8, 4) is 28.7 Å². The largest absolute Gasteiger partial charge is 0.508 e. The zero-order valence-electron chi connectivity index (χ0n) is 18.1. The van der Waals surface area contributed by atoms with Crippen LogP contribution in [-0.4, -0.2) is 5.11 Å². The maximum Gasteiger partial charge on any atom is 0.134 e. The SMILES string of the molecule is CC(C)(C)c1ccc(Oc2cc(O)cc(Oc3ccc(C(C)(C)C)cc3)c2)cc1. The van der Waals surface area contributed by atoms with Crippen molar-refractivity contribution in [1.29, 1.82) is 0 Å². The number of hydrogen-bond acceptors (Lipinski definition) is 3. The van der Waals surface area contributed by atoms with Crippen molar-refractivity contribution in [2.75, 3.05) is 0 Å². The van der Waals surface area contributed by atoms with E-state index < -0.39 is 0 Å². The van der Waals surface area contributed by atoms with Crippen LogP contribution in [0.5, 0.6) is 28.7 Å². The standard InChI is InChI=1S/C26H30O3/c1-25(2,3)18-7-11-21(12-8-18)28-23-15-20(27)16-24(17-23)29-22-13-9-19(10-14-22)26(4,5)6/h7-17,27H,1-6H3. The molecule has 3 heteroatoms. The highest BCUT2D eigenvalue weighted by Gasteiger charge is 2.14. The van der Waals surface area contributed by atoms with Crippen molar-refractivity contribution >= 4 is 0 Å². The van der Waals surface area contributed by atoms with Gasteiger partial charge in [0.2, 0.25) is 0 Å². The predicted octanol–water partition coefficient (Wildman–Crippen LogP) is 7.57. The third kappa shape index (κ3) is 5.54. The topological polar surface area (TPSA) is 38.7 Å². The summed E-state index contributed by atoms with van der Waals surface area (Å²) in [6, 6.07) is 20.9. The lowest BCUT2D eigenvalue weighted by atomic mass is 9.87. The van der Waals surface area contributed by atoms with Crippen LogP contribution in [-0.2, 0) is 10.8 Å². The van der Waals surface area contributed by atoms with E-state index in [1.807, 2.05) is 24.3 Å². The lowest BCUT2D eigenvalue weighted by molar-refractivity contribution is 0.435. The zero-order chi connectivity index (χ0) is 21.2. The van der Waals surface area contributed by atoms with Gasteiger partial charge in [0, 0.05) is 18.2 Å². The van der Waals surface area contributed by atoms with E-state index in [-0.39, 0.29) is 16.6 Å². The van der Waals surface area contributed by atoms with Crippen LogP contribution < -0.4 is 9.47 Å². The average molecular weight is 391 g/mol. The first-order chi connectivity index (χ1) is 13.5. The molecule has 0 bridgehead atoms. The van der Waals surface area contributed by atoms with Gasteiger partial charge in [-0.25, -0.2) is 0 Å². The van der Waals surface area contributed by atoms with E-state index in [1.165, 1.54) is 11.1 Å². The molecule has 3 aromatic carbocycles. The van der Waals surface area contributed by atoms with E-state index in [0.29, 0.717) is 23.0 Å². The molecule has 0 aliphatic carbocycles. The molecule has 0 aliphatic rings. The van der Waals surface area contributed by atoms with E-state index in [2.05, 4.69) is 65.8 Å². The normalized spacial score (nSPS) is 11.9. The molecule has 0 saturated carbocycles. The molecule has 0 atom stereocenters. The first-order valence-corrected chi connectivity index (χ1v) is 9.91. The Hall–Kier alpha value is -2.94. The predicted molar refractivity (Wildman–Crippen MR) is 119 cm³/mol. The van der Waals surface area contributed by atoms with Gasteiger partial charge in [-0.1, -0.05) is 65.8 Å². The fraction of sp³-hybridized carbons (Fsp3) is 0.308. The number of aromatic hydroxyl groups is 1. The second-order valence-electron chi connectivity index (χ2n) is 9.42. The lowest BCUT2D eigenvalue weighted by Crippen LogP contribution is -2.10. The molecular formula is C26H30O3. The van der Waals surface area contributed by atoms with Gasteiger partial charge < -0.3 is 14.6 Å². The second-order valence-corrected chi connectivity index (χ2v) is 9.42. The fourth-order valence-electron chi connectivity index (χ4n) is 2.99. The lowest BCUT2D eigenvalue weighted by Gasteiger charge is -2.19. The van der Waals surface area contributed by atoms with Gasteiger partial charge in [0.1, 0.15) is 28.7 Å². The molecule has 0 unspecified atom stereocenters. The van der Waals surface area contributed by atoms with Gasteiger partial charge in [0.15, 0.2) is 0 Å². The monoisotopic (exact) mass is 390 g/mol. The third-order valence-electron chi connectivity index (χ3n) is 4.78. The highest BCUT2D eigenvalue weighted by molar-refractivity contribution is 5.45. The van der Waals surface area contributed by atoms with E-state index >= 15 is 0 Å². The van der Waals surface area contributed by atoms with Crippen molar-refractivity contribution in [2.45, 2.75) is 52.4 Å². The minimum absolute atomic E-state index is 0.0904. The molecule has 0 amide bonds. The van der Waals surface area contributed by atoms with Gasteiger partial charge in [-0.2, -0.15) is 0 Å². The first-order valence-electron chi connectivity index (χ1n) is 9.91. The van der Waals surface area contributed by atoms with Gasteiger partial charge in [-0.05, 0) is 46.2 Å². The number of ether oxygens (including phenoxy) is 2. The number of phenols is 1. The van der Waals surface area contributed by atoms with E-state index in [1.54, 1.807) is 18.2 Å². The van der Waals surface area contributed by atoms with Crippen LogP contribution in [0.2, 0.25) is 0 Å². The maximum absolute atomic E-state index is 10.1. The molecule has 0 aliphatic heterocycles. The Morgan fingerprint density at radius 2 is 0.862 bits per heavy atom. The average Bonchev–Trinajstić information content (AvgIpc) is 2.60. The van der Waals surface area contributed by atoms with Crippen molar-refractivity contribution in [2.24, 2.45) is 0 Å². The van der Waals surface area contributed by atoms with Gasteiger partial charge in [-0.15, -0.1) is 0 Å². The Kier molecular flexibility index (Phi) is 5.61. The first kappa shape index (κ1) is 20.8. The molecule has 3 aromatic rings. The van der Waals surface area contributed by atoms with Crippen LogP contribution in [0.3, 0.4) is 0 Å². The maximum atomic E-state index is 10.1. The quantitative estimate of drug-likeness (QED) is 0.499. The molecule has 1 N–H and O–H groups in total. The minimum Gasteiger partial charge on any atom is -0.508 e. The summed E-state index contributed by atoms with van der Waals surface area (Å²) in [4.78, 5) is 0. The fourth-order valence-corrected chi connectivity index (χ4v) is 2.99. The van der Waals surface area contributed by atoms with E-state index in [9.17, 15) is 5.11 Å². The van der Waals surface area contributed by atoms with E-state index in [4.69, 9.17) is 9.47 Å². The summed E-state index contributed by atoms with van der Waals surface area (Å²) in [6.07, 6.45) is 0. The Labute approximate surface area is 173 Å². The summed E-state index contributed by atoms with van der Waals surface area (Å²) >= 11 is 0. The summed E-state index contributed by atoms with van der Waals surface area (Å²) in [5.41, 5.74) is 2.66. The Morgan fingerprint density at radius 1 is 0.517 bits per heavy atom. The van der Waals surface area contributed by atoms with Crippen molar-refractivity contribution in [1.82, 2.24) is 0 Å². The van der Waals surface area contributed by atoms with Crippen LogP contribution in [0.4, 0.5) is 0 Å². The van der Waals surface area contributed by atoms with Crippen LogP contribution >= 0.6 is 0 Å². The van der Waals surface area contributed by atoms with Gasteiger partial charge >= 0.3 is 0 Å². The molecule has 3 rings (SSSR count). The number of phenolic OH excluding ortho intramolecular Hbond substituents is 1. The highest BCUT2D eigenvalue weighted by atomic mass is 16.5. The number of benzene rings is 3. The van der Waals surface area contributed by atoms with E-state index in [0.717, 1.165) is 0 Å². The van der Waals surface area contributed by atoms with Crippen LogP contribution in [0.1, 0.15) is 52.7 Å². The van der Waals surface area contributed by atoms with Crippen LogP contribution in [0.15, 0.2) is 66.7 Å². The van der Waals surface area contributed by atoms with Gasteiger partial charge in [0.05, 0.1) is 0 Å². The van der Waals surface area contributed by atoms with Gasteiger partial charge in [-0.3, -0.25) is 0 Å². The summed E-state index contributed by atoms with van der Waals surface area (Å²) in [5, 5.41) is 10.1. The summed E-state index contributed by atoms with van der Waals surface area (Å²) in [5.74, 6) is 2.56. The molecule has 0 spiro atoms. The zero-order valence-corrected chi connectivity index (χ0v) is 18.1. The Bertz CT molecular complexity index is 879. The molecule has 0 saturated heterocycles. The minimum atomic E-state index is 0.0904. The Morgan fingerprint density at radius 3 is 1.17 bits per heavy atom. The Balaban J connectivity index is 1.76. The third-order valence-corrected chi connectivity index (χ3v) is 4.78. The summed E-state index contributed by atoms with van der Waals surface area (Å²) in [7, 11) is 0. The van der Waals surface area contributed by atoms with Crippen LogP contribution in [0.25, 0.3) is 0 Å². The molecular weight excluding hydrogens is 360 g/mol. The molecule has 0 heterocycles. The van der Waals surface area contributed by atoms with Gasteiger partial charge in [0.25, 0.3) is 0 Å². The van der Waals surface area contributed by atoms with Crippen LogP contribution in [0, 0.1) is 0 Å². The number of hydrogen-bond donors (Lipinski definition) is 1. The number of rotatable bonds is 4. The molecule has 0 radical (unpaired) electrons. The smallest absolute Gasteiger partial charge is 0.134 e. The second kappa shape index (κ2) is 7.82. The van der Waals surface area contributed by atoms with Crippen molar-refractivity contribution in [3.05, 3.63) is 77.9 Å². The van der Waals surface area contributed by atoms with Crippen molar-refractivity contribution < 1.29 is 14.6 Å². The highest BCUT2D eigenvalue weighted by Crippen LogP contribution is 2.34.